The van der Waals surface area contributed by atoms with E-state index in [1.165, 1.54) is 101 Å². The summed E-state index contributed by atoms with van der Waals surface area (Å²) in [5, 5.41) is 0. The van der Waals surface area contributed by atoms with Crippen LogP contribution in [0.3, 0.4) is 0 Å². The fourth-order valence-electron chi connectivity index (χ4n) is 12.2. The van der Waals surface area contributed by atoms with Crippen LogP contribution in [0.2, 0.25) is 0 Å². The summed E-state index contributed by atoms with van der Waals surface area (Å²) in [6.45, 7) is 11.9. The number of para-hydroxylation sites is 3. The van der Waals surface area contributed by atoms with Gasteiger partial charge in [0.1, 0.15) is 0 Å². The number of fused-ring (bicyclic) bond motifs is 10. The van der Waals surface area contributed by atoms with Crippen LogP contribution in [0.25, 0.3) is 22.3 Å². The fourth-order valence-corrected chi connectivity index (χ4v) is 12.2. The molecule has 4 heteroatoms. The molecule has 310 valence electrons. The number of hydrogen-bond donors (Lipinski definition) is 0. The first-order valence-corrected chi connectivity index (χ1v) is 23.1. The van der Waals surface area contributed by atoms with Crippen LogP contribution in [-0.2, 0) is 10.8 Å². The van der Waals surface area contributed by atoms with E-state index in [2.05, 4.69) is 250 Å². The van der Waals surface area contributed by atoms with Gasteiger partial charge in [-0.05, 0) is 146 Å². The molecule has 0 aromatic heterocycles. The SMILES string of the molecule is Cc1cc2c3c(c1)N(c1cccc4c1C(C)(C)c1ccccc1-4)c1ccccc1B3c1ccc(N(c3ccccc3)c3ccccc3)cc1N2c1ccc2c(c1)C(C)(C)c1ccccc1-2. The molecular weight excluding hydrogens is 786 g/mol. The van der Waals surface area contributed by atoms with Gasteiger partial charge in [-0.1, -0.05) is 155 Å². The van der Waals surface area contributed by atoms with E-state index in [0.717, 1.165) is 17.1 Å². The quantitative estimate of drug-likeness (QED) is 0.160. The van der Waals surface area contributed by atoms with Crippen LogP contribution in [0.5, 0.6) is 0 Å². The van der Waals surface area contributed by atoms with Crippen LogP contribution < -0.4 is 31.1 Å². The van der Waals surface area contributed by atoms with Gasteiger partial charge in [0, 0.05) is 56.3 Å². The summed E-state index contributed by atoms with van der Waals surface area (Å²) in [5.41, 5.74) is 26.3. The topological polar surface area (TPSA) is 9.72 Å². The lowest BCUT2D eigenvalue weighted by atomic mass is 9.33. The lowest BCUT2D eigenvalue weighted by molar-refractivity contribution is 0.660. The van der Waals surface area contributed by atoms with Gasteiger partial charge >= 0.3 is 0 Å². The third kappa shape index (κ3) is 5.31. The van der Waals surface area contributed by atoms with Crippen molar-refractivity contribution < 1.29 is 0 Å². The summed E-state index contributed by atoms with van der Waals surface area (Å²) in [4.78, 5) is 7.59. The zero-order chi connectivity index (χ0) is 43.8. The summed E-state index contributed by atoms with van der Waals surface area (Å²) in [5.74, 6) is 0. The molecule has 65 heavy (non-hydrogen) atoms. The van der Waals surface area contributed by atoms with Crippen molar-refractivity contribution in [2.24, 2.45) is 0 Å². The fraction of sp³-hybridized carbons (Fsp3) is 0.115. The molecule has 2 heterocycles. The Morgan fingerprint density at radius 3 is 1.66 bits per heavy atom. The molecular formula is C61H48BN3. The van der Waals surface area contributed by atoms with Gasteiger partial charge in [-0.2, -0.15) is 0 Å². The third-order valence-electron chi connectivity index (χ3n) is 15.0. The molecule has 3 nitrogen and oxygen atoms in total. The molecule has 9 aromatic carbocycles. The molecule has 0 unspecified atom stereocenters. The van der Waals surface area contributed by atoms with Crippen molar-refractivity contribution in [1.29, 1.82) is 0 Å². The Kier molecular flexibility index (Phi) is 8.01. The predicted molar refractivity (Wildman–Crippen MR) is 275 cm³/mol. The monoisotopic (exact) mass is 833 g/mol. The molecule has 2 aliphatic heterocycles. The Bertz CT molecular complexity index is 3380. The minimum Gasteiger partial charge on any atom is -0.311 e. The zero-order valence-corrected chi connectivity index (χ0v) is 37.5. The highest BCUT2D eigenvalue weighted by Gasteiger charge is 2.46. The first-order valence-electron chi connectivity index (χ1n) is 23.1. The van der Waals surface area contributed by atoms with E-state index in [4.69, 9.17) is 0 Å². The summed E-state index contributed by atoms with van der Waals surface area (Å²) >= 11 is 0. The number of aryl methyl sites for hydroxylation is 1. The molecule has 0 bridgehead atoms. The standard InChI is InChI=1S/C61H48BN3/c1-39-35-56-59-57(36-39)65(54-30-18-25-47-45-24-13-15-27-49(45)61(4,5)58(47)54)53-29-17-16-28-51(53)62(59)52-34-32-43(63(40-19-8-6-9-20-40)41-21-10-7-11-22-41)38-55(52)64(56)42-31-33-46-44-23-12-14-26-48(44)60(2,3)50(46)37-42/h6-38H,1-5H3. The average molecular weight is 834 g/mol. The molecule has 0 atom stereocenters. The Balaban J connectivity index is 1.09. The number of anilines is 9. The first-order chi connectivity index (χ1) is 31.7. The van der Waals surface area contributed by atoms with E-state index in [1.54, 1.807) is 0 Å². The van der Waals surface area contributed by atoms with E-state index >= 15 is 0 Å². The van der Waals surface area contributed by atoms with Gasteiger partial charge in [0.15, 0.2) is 0 Å². The van der Waals surface area contributed by atoms with E-state index < -0.39 is 0 Å². The van der Waals surface area contributed by atoms with Gasteiger partial charge in [0.25, 0.3) is 6.71 Å². The van der Waals surface area contributed by atoms with Crippen LogP contribution in [0.15, 0.2) is 200 Å². The van der Waals surface area contributed by atoms with Gasteiger partial charge in [0.2, 0.25) is 0 Å². The highest BCUT2D eigenvalue weighted by atomic mass is 15.2. The van der Waals surface area contributed by atoms with E-state index in [0.29, 0.717) is 0 Å². The molecule has 9 aromatic rings. The number of rotatable bonds is 5. The van der Waals surface area contributed by atoms with Crippen molar-refractivity contribution in [2.75, 3.05) is 14.7 Å². The summed E-state index contributed by atoms with van der Waals surface area (Å²) < 4.78 is 0. The lowest BCUT2D eigenvalue weighted by Crippen LogP contribution is -2.61. The molecule has 0 fully saturated rings. The Morgan fingerprint density at radius 2 is 0.938 bits per heavy atom. The second-order valence-corrected chi connectivity index (χ2v) is 19.4. The van der Waals surface area contributed by atoms with Crippen molar-refractivity contribution in [3.63, 3.8) is 0 Å². The summed E-state index contributed by atoms with van der Waals surface area (Å²) in [6, 6.07) is 75.0. The van der Waals surface area contributed by atoms with Crippen molar-refractivity contribution in [3.8, 4) is 22.3 Å². The highest BCUT2D eigenvalue weighted by molar-refractivity contribution is 7.00. The Labute approximate surface area is 383 Å². The maximum atomic E-state index is 2.61. The van der Waals surface area contributed by atoms with Gasteiger partial charge < -0.3 is 14.7 Å². The smallest absolute Gasteiger partial charge is 0.252 e. The number of hydrogen-bond acceptors (Lipinski definition) is 3. The Morgan fingerprint density at radius 1 is 0.385 bits per heavy atom. The maximum Gasteiger partial charge on any atom is 0.252 e. The molecule has 2 aliphatic carbocycles. The van der Waals surface area contributed by atoms with Gasteiger partial charge in [0.05, 0.1) is 5.69 Å². The highest BCUT2D eigenvalue weighted by Crippen LogP contribution is 2.56. The first kappa shape index (κ1) is 38.0. The van der Waals surface area contributed by atoms with Crippen molar-refractivity contribution >= 4 is 74.3 Å². The van der Waals surface area contributed by atoms with E-state index in [1.807, 2.05) is 0 Å². The minimum atomic E-state index is -0.189. The van der Waals surface area contributed by atoms with Crippen LogP contribution in [0, 0.1) is 6.92 Å². The number of nitrogens with zero attached hydrogens (tertiary/aromatic N) is 3. The van der Waals surface area contributed by atoms with E-state index in [9.17, 15) is 0 Å². The lowest BCUT2D eigenvalue weighted by Gasteiger charge is -2.45. The largest absolute Gasteiger partial charge is 0.311 e. The molecule has 0 N–H and O–H groups in total. The molecule has 4 aliphatic rings. The van der Waals surface area contributed by atoms with Gasteiger partial charge in [-0.3, -0.25) is 0 Å². The van der Waals surface area contributed by atoms with Crippen LogP contribution in [0.1, 0.15) is 55.5 Å². The third-order valence-corrected chi connectivity index (χ3v) is 15.0. The zero-order valence-electron chi connectivity index (χ0n) is 37.5. The Hall–Kier alpha value is -7.56. The second kappa shape index (κ2) is 13.7. The van der Waals surface area contributed by atoms with Crippen LogP contribution in [0.4, 0.5) is 51.2 Å². The molecule has 13 rings (SSSR count). The second-order valence-electron chi connectivity index (χ2n) is 19.4. The number of benzene rings is 9. The van der Waals surface area contributed by atoms with E-state index in [-0.39, 0.29) is 17.5 Å². The average Bonchev–Trinajstić information content (AvgIpc) is 3.71. The summed E-state index contributed by atoms with van der Waals surface area (Å²) in [6.07, 6.45) is 0. The predicted octanol–water partition coefficient (Wildman–Crippen LogP) is 14.2. The van der Waals surface area contributed by atoms with Crippen molar-refractivity contribution in [3.05, 3.63) is 228 Å². The van der Waals surface area contributed by atoms with Gasteiger partial charge in [-0.25, -0.2) is 0 Å². The van der Waals surface area contributed by atoms with Crippen LogP contribution >= 0.6 is 0 Å². The molecule has 0 saturated heterocycles. The van der Waals surface area contributed by atoms with Crippen molar-refractivity contribution in [2.45, 2.75) is 45.4 Å². The molecule has 0 radical (unpaired) electrons. The molecule has 0 amide bonds. The van der Waals surface area contributed by atoms with Gasteiger partial charge in [-0.15, -0.1) is 0 Å². The van der Waals surface area contributed by atoms with Crippen LogP contribution in [-0.4, -0.2) is 6.71 Å². The molecule has 0 saturated carbocycles. The van der Waals surface area contributed by atoms with Crippen molar-refractivity contribution in [1.82, 2.24) is 0 Å². The minimum absolute atomic E-state index is 0.00680. The summed E-state index contributed by atoms with van der Waals surface area (Å²) in [7, 11) is 0. The maximum absolute atomic E-state index is 2.61. The molecule has 0 spiro atoms. The normalized spacial score (nSPS) is 15.0.